The molecule has 11 nitrogen and oxygen atoms in total. The zero-order valence-electron chi connectivity index (χ0n) is 19.8. The average Bonchev–Trinajstić information content (AvgIpc) is 3.38. The summed E-state index contributed by atoms with van der Waals surface area (Å²) in [6.07, 6.45) is -2.29. The first-order valence-electron chi connectivity index (χ1n) is 10.4. The maximum absolute atomic E-state index is 13.4. The molecule has 0 aliphatic carbocycles. The lowest BCUT2D eigenvalue weighted by Crippen LogP contribution is -2.29. The van der Waals surface area contributed by atoms with Gasteiger partial charge in [-0.25, -0.2) is 29.3 Å². The summed E-state index contributed by atoms with van der Waals surface area (Å²) in [6, 6.07) is 0.599. The molecule has 196 valence electrons. The van der Waals surface area contributed by atoms with Crippen LogP contribution in [0.5, 0.6) is 5.88 Å². The van der Waals surface area contributed by atoms with E-state index in [9.17, 15) is 27.6 Å². The van der Waals surface area contributed by atoms with Crippen molar-refractivity contribution in [1.29, 1.82) is 0 Å². The minimum absolute atomic E-state index is 0.0681. The highest BCUT2D eigenvalue weighted by Crippen LogP contribution is 2.42. The Balaban J connectivity index is 2.37. The fraction of sp³-hybridized carbons (Fsp3) is 0.273. The number of alkyl halides is 3. The third-order valence-electron chi connectivity index (χ3n) is 4.81. The van der Waals surface area contributed by atoms with Crippen LogP contribution in [0.2, 0.25) is 0 Å². The van der Waals surface area contributed by atoms with E-state index in [0.717, 1.165) is 19.6 Å². The Morgan fingerprint density at radius 1 is 1.05 bits per heavy atom. The van der Waals surface area contributed by atoms with E-state index in [1.807, 2.05) is 0 Å². The first kappa shape index (κ1) is 27.3. The molecule has 0 radical (unpaired) electrons. The third-order valence-corrected chi connectivity index (χ3v) is 5.67. The summed E-state index contributed by atoms with van der Waals surface area (Å²) in [7, 11) is 3.49. The van der Waals surface area contributed by atoms with Crippen molar-refractivity contribution >= 4 is 35.1 Å². The highest BCUT2D eigenvalue weighted by Gasteiger charge is 2.35. The van der Waals surface area contributed by atoms with E-state index in [1.165, 1.54) is 25.6 Å². The van der Waals surface area contributed by atoms with Crippen molar-refractivity contribution in [3.8, 4) is 27.6 Å². The summed E-state index contributed by atoms with van der Waals surface area (Å²) >= 11 is 0.609. The molecule has 3 rings (SSSR count). The molecule has 0 bridgehead atoms. The van der Waals surface area contributed by atoms with E-state index >= 15 is 0 Å². The first-order valence-corrected chi connectivity index (χ1v) is 11.3. The Labute approximate surface area is 212 Å². The number of urea groups is 1. The van der Waals surface area contributed by atoms with Gasteiger partial charge in [0, 0.05) is 41.0 Å². The number of amides is 2. The molecule has 0 saturated heterocycles. The van der Waals surface area contributed by atoms with Gasteiger partial charge >= 0.3 is 24.1 Å². The van der Waals surface area contributed by atoms with Crippen LogP contribution in [0.3, 0.4) is 0 Å². The van der Waals surface area contributed by atoms with Crippen molar-refractivity contribution in [2.75, 3.05) is 33.2 Å². The van der Waals surface area contributed by atoms with Crippen molar-refractivity contribution in [3.05, 3.63) is 40.7 Å². The predicted molar refractivity (Wildman–Crippen MR) is 126 cm³/mol. The lowest BCUT2D eigenvalue weighted by Gasteiger charge is -2.17. The third kappa shape index (κ3) is 5.77. The average molecular weight is 539 g/mol. The fourth-order valence-electron chi connectivity index (χ4n) is 3.20. The smallest absolute Gasteiger partial charge is 0.434 e. The van der Waals surface area contributed by atoms with Gasteiger partial charge in [-0.3, -0.25) is 5.32 Å². The number of methoxy groups -OCH3 is 3. The number of halogens is 3. The Kier molecular flexibility index (Phi) is 8.27. The fourth-order valence-corrected chi connectivity index (χ4v) is 4.09. The molecule has 2 amide bonds. The number of hydrogen-bond donors (Lipinski definition) is 2. The molecule has 0 unspecified atom stereocenters. The van der Waals surface area contributed by atoms with Crippen molar-refractivity contribution in [2.24, 2.45) is 0 Å². The summed E-state index contributed by atoms with van der Waals surface area (Å²) in [5.41, 5.74) is -1.52. The Bertz CT molecular complexity index is 1340. The number of thiazole rings is 1. The molecule has 0 saturated carbocycles. The van der Waals surface area contributed by atoms with E-state index in [1.54, 1.807) is 6.92 Å². The first-order chi connectivity index (χ1) is 17.5. The highest BCUT2D eigenvalue weighted by atomic mass is 32.1. The molecule has 0 aliphatic heterocycles. The van der Waals surface area contributed by atoms with Gasteiger partial charge in [-0.2, -0.15) is 13.2 Å². The van der Waals surface area contributed by atoms with Crippen LogP contribution in [-0.2, 0) is 15.7 Å². The lowest BCUT2D eigenvalue weighted by atomic mass is 9.97. The maximum atomic E-state index is 13.4. The number of pyridine rings is 2. The van der Waals surface area contributed by atoms with Gasteiger partial charge in [0.05, 0.1) is 21.3 Å². The molecular formula is C22H20F3N5O6S. The molecule has 3 aromatic rings. The van der Waals surface area contributed by atoms with Crippen LogP contribution >= 0.6 is 11.3 Å². The Morgan fingerprint density at radius 3 is 2.32 bits per heavy atom. The molecule has 15 heteroatoms. The van der Waals surface area contributed by atoms with Gasteiger partial charge < -0.3 is 19.5 Å². The molecule has 3 aromatic heterocycles. The molecule has 0 aromatic carbocycles. The van der Waals surface area contributed by atoms with Crippen LogP contribution in [0.4, 0.5) is 23.8 Å². The van der Waals surface area contributed by atoms with Gasteiger partial charge in [0.15, 0.2) is 5.69 Å². The standard InChI is InChI=1S/C22H20F3N5O6S/c1-5-26-21(33)30-16-15(20(32)36-4)14(18-29-13(9-37-18)22(23,24)25)12(8-27-16)10-6-11(19(31)35-3)17(34-2)28-7-10/h6-9H,5H2,1-4H3,(H2,26,27,30,33). The second-order valence-corrected chi connectivity index (χ2v) is 7.91. The molecular weight excluding hydrogens is 519 g/mol. The summed E-state index contributed by atoms with van der Waals surface area (Å²) < 4.78 is 54.8. The highest BCUT2D eigenvalue weighted by molar-refractivity contribution is 7.13. The monoisotopic (exact) mass is 539 g/mol. The van der Waals surface area contributed by atoms with Gasteiger partial charge in [-0.1, -0.05) is 0 Å². The van der Waals surface area contributed by atoms with Gasteiger partial charge in [0.2, 0.25) is 5.88 Å². The summed E-state index contributed by atoms with van der Waals surface area (Å²) in [6.45, 7) is 1.91. The van der Waals surface area contributed by atoms with Crippen molar-refractivity contribution in [2.45, 2.75) is 13.1 Å². The number of ether oxygens (including phenoxy) is 3. The quantitative estimate of drug-likeness (QED) is 0.426. The number of carbonyl (C=O) groups is 3. The van der Waals surface area contributed by atoms with E-state index in [2.05, 4.69) is 25.6 Å². The van der Waals surface area contributed by atoms with Gasteiger partial charge in [0.1, 0.15) is 22.0 Å². The van der Waals surface area contributed by atoms with E-state index in [-0.39, 0.29) is 51.1 Å². The van der Waals surface area contributed by atoms with Crippen LogP contribution in [0.1, 0.15) is 33.3 Å². The Hall–Kier alpha value is -4.27. The summed E-state index contributed by atoms with van der Waals surface area (Å²) in [5, 5.41) is 5.42. The predicted octanol–water partition coefficient (Wildman–Crippen LogP) is 4.01. The van der Waals surface area contributed by atoms with E-state index < -0.39 is 29.8 Å². The number of aromatic nitrogens is 3. The zero-order valence-corrected chi connectivity index (χ0v) is 20.7. The minimum atomic E-state index is -4.75. The van der Waals surface area contributed by atoms with E-state index in [0.29, 0.717) is 11.3 Å². The van der Waals surface area contributed by atoms with Crippen LogP contribution in [0.15, 0.2) is 23.8 Å². The maximum Gasteiger partial charge on any atom is 0.434 e. The van der Waals surface area contributed by atoms with Crippen LogP contribution in [-0.4, -0.2) is 60.8 Å². The second kappa shape index (κ2) is 11.2. The molecule has 2 N–H and O–H groups in total. The Morgan fingerprint density at radius 2 is 1.76 bits per heavy atom. The van der Waals surface area contributed by atoms with Crippen molar-refractivity contribution in [3.63, 3.8) is 0 Å². The number of carbonyl (C=O) groups excluding carboxylic acids is 3. The molecule has 0 aliphatic rings. The minimum Gasteiger partial charge on any atom is -0.480 e. The van der Waals surface area contributed by atoms with Crippen LogP contribution in [0, 0.1) is 0 Å². The van der Waals surface area contributed by atoms with Crippen LogP contribution < -0.4 is 15.4 Å². The summed E-state index contributed by atoms with van der Waals surface area (Å²) in [4.78, 5) is 49.2. The molecule has 0 spiro atoms. The number of anilines is 1. The number of nitrogens with one attached hydrogen (secondary N) is 2. The van der Waals surface area contributed by atoms with Crippen molar-refractivity contribution < 1.29 is 41.8 Å². The lowest BCUT2D eigenvalue weighted by molar-refractivity contribution is -0.140. The van der Waals surface area contributed by atoms with E-state index in [4.69, 9.17) is 14.2 Å². The van der Waals surface area contributed by atoms with Gasteiger partial charge in [-0.05, 0) is 13.0 Å². The number of nitrogens with zero attached hydrogens (tertiary/aromatic N) is 3. The summed E-state index contributed by atoms with van der Waals surface area (Å²) in [5.74, 6) is -2.15. The zero-order chi connectivity index (χ0) is 27.3. The topological polar surface area (TPSA) is 142 Å². The van der Waals surface area contributed by atoms with Gasteiger partial charge in [0.25, 0.3) is 0 Å². The molecule has 0 fully saturated rings. The van der Waals surface area contributed by atoms with Crippen molar-refractivity contribution in [1.82, 2.24) is 20.3 Å². The molecule has 0 atom stereocenters. The normalized spacial score (nSPS) is 11.0. The number of hydrogen-bond acceptors (Lipinski definition) is 10. The largest absolute Gasteiger partial charge is 0.480 e. The van der Waals surface area contributed by atoms with Crippen LogP contribution in [0.25, 0.3) is 21.7 Å². The molecule has 3 heterocycles. The number of rotatable bonds is 7. The number of esters is 2. The SMILES string of the molecule is CCNC(=O)Nc1ncc(-c2cnc(OC)c(C(=O)OC)c2)c(-c2nc(C(F)(F)F)cs2)c1C(=O)OC. The second-order valence-electron chi connectivity index (χ2n) is 7.05. The van der Waals surface area contributed by atoms with Gasteiger partial charge in [-0.15, -0.1) is 11.3 Å². The molecule has 37 heavy (non-hydrogen) atoms.